The van der Waals surface area contributed by atoms with Gasteiger partial charge in [-0.15, -0.1) is 0 Å². The first kappa shape index (κ1) is 12.2. The van der Waals surface area contributed by atoms with Gasteiger partial charge in [-0.05, 0) is 18.4 Å². The van der Waals surface area contributed by atoms with Crippen molar-refractivity contribution in [2.45, 2.75) is 19.4 Å². The predicted molar refractivity (Wildman–Crippen MR) is 61.1 cm³/mol. The van der Waals surface area contributed by atoms with Gasteiger partial charge in [-0.25, -0.2) is 0 Å². The Balaban J connectivity index is 2.77. The molecule has 0 spiro atoms. The molecule has 0 aromatic rings. The maximum atomic E-state index is 11.5. The van der Waals surface area contributed by atoms with Crippen LogP contribution in [0.1, 0.15) is 13.3 Å². The molecule has 0 aliphatic carbocycles. The Labute approximate surface area is 91.3 Å². The van der Waals surface area contributed by atoms with Crippen LogP contribution < -0.4 is 0 Å². The molecule has 4 nitrogen and oxygen atoms in total. The highest BCUT2D eigenvalue weighted by Gasteiger charge is 2.33. The lowest BCUT2D eigenvalue weighted by Crippen LogP contribution is -2.38. The van der Waals surface area contributed by atoms with E-state index in [1.165, 1.54) is 12.3 Å². The Morgan fingerprint density at radius 2 is 2.33 bits per heavy atom. The van der Waals surface area contributed by atoms with E-state index >= 15 is 0 Å². The molecule has 1 aliphatic rings. The fraction of sp³-hybridized carbons (Fsp3) is 0.700. The number of carbonyl (C=O) groups excluding carboxylic acids is 1. The smallest absolute Gasteiger partial charge is 0.246 e. The molecule has 86 valence electrons. The molecule has 3 atom stereocenters. The Morgan fingerprint density at radius 1 is 1.73 bits per heavy atom. The summed E-state index contributed by atoms with van der Waals surface area (Å²) >= 11 is 0. The molecule has 1 unspecified atom stereocenters. The second-order valence-electron chi connectivity index (χ2n) is 4.36. The number of amides is 1. The zero-order valence-corrected chi connectivity index (χ0v) is 10.0. The first-order valence-corrected chi connectivity index (χ1v) is 7.11. The van der Waals surface area contributed by atoms with E-state index in [0.29, 0.717) is 12.5 Å². The number of nitrogens with one attached hydrogen (secondary N) is 1. The molecule has 1 heterocycles. The molecule has 1 fully saturated rings. The summed E-state index contributed by atoms with van der Waals surface area (Å²) in [5.74, 6) is 0.574. The standard InChI is InChI=1S/C10H18N2O2S/c1-4-10(13)12-6-8(2)5-9(12)7-15(3,11)14/h4,8-9,11H,1,5-7H2,2-3H3/t8-,9+,15?/m0/s1. The minimum atomic E-state index is -2.53. The number of rotatable bonds is 3. The summed E-state index contributed by atoms with van der Waals surface area (Å²) in [5, 5.41) is 0. The van der Waals surface area contributed by atoms with Gasteiger partial charge in [-0.3, -0.25) is 13.8 Å². The van der Waals surface area contributed by atoms with E-state index in [4.69, 9.17) is 4.78 Å². The molecule has 1 N–H and O–H groups in total. The van der Waals surface area contributed by atoms with Crippen molar-refractivity contribution in [3.63, 3.8) is 0 Å². The van der Waals surface area contributed by atoms with Gasteiger partial charge in [0.05, 0.1) is 5.75 Å². The Kier molecular flexibility index (Phi) is 3.54. The van der Waals surface area contributed by atoms with Gasteiger partial charge in [-0.2, -0.15) is 0 Å². The summed E-state index contributed by atoms with van der Waals surface area (Å²) in [7, 11) is -2.53. The lowest BCUT2D eigenvalue weighted by atomic mass is 10.1. The summed E-state index contributed by atoms with van der Waals surface area (Å²) in [6.07, 6.45) is 3.54. The van der Waals surface area contributed by atoms with E-state index in [0.717, 1.165) is 6.42 Å². The first-order chi connectivity index (χ1) is 6.83. The summed E-state index contributed by atoms with van der Waals surface area (Å²) < 4.78 is 18.8. The zero-order chi connectivity index (χ0) is 11.6. The number of hydrogen-bond acceptors (Lipinski definition) is 3. The number of nitrogens with zero attached hydrogens (tertiary/aromatic N) is 1. The Bertz CT molecular complexity index is 362. The molecule has 0 radical (unpaired) electrons. The number of hydrogen-bond donors (Lipinski definition) is 1. The maximum absolute atomic E-state index is 11.5. The van der Waals surface area contributed by atoms with Crippen LogP contribution >= 0.6 is 0 Å². The maximum Gasteiger partial charge on any atom is 0.246 e. The predicted octanol–water partition coefficient (Wildman–Crippen LogP) is 1.09. The van der Waals surface area contributed by atoms with E-state index in [-0.39, 0.29) is 17.7 Å². The molecule has 1 amide bonds. The number of likely N-dealkylation sites (tertiary alicyclic amines) is 1. The van der Waals surface area contributed by atoms with Crippen molar-refractivity contribution < 1.29 is 9.00 Å². The fourth-order valence-electron chi connectivity index (χ4n) is 2.06. The molecule has 0 bridgehead atoms. The Morgan fingerprint density at radius 3 is 2.80 bits per heavy atom. The molecule has 1 rings (SSSR count). The Hall–Kier alpha value is -0.840. The van der Waals surface area contributed by atoms with Crippen LogP contribution in [0.15, 0.2) is 12.7 Å². The monoisotopic (exact) mass is 230 g/mol. The molecular formula is C10H18N2O2S. The molecule has 0 aromatic carbocycles. The van der Waals surface area contributed by atoms with Crippen LogP contribution in [0.4, 0.5) is 0 Å². The van der Waals surface area contributed by atoms with E-state index in [2.05, 4.69) is 13.5 Å². The quantitative estimate of drug-likeness (QED) is 0.738. The van der Waals surface area contributed by atoms with Crippen LogP contribution in [0.3, 0.4) is 0 Å². The van der Waals surface area contributed by atoms with Crippen molar-refractivity contribution in [2.24, 2.45) is 5.92 Å². The van der Waals surface area contributed by atoms with Crippen LogP contribution in [0.25, 0.3) is 0 Å². The topological polar surface area (TPSA) is 61.2 Å². The summed E-state index contributed by atoms with van der Waals surface area (Å²) in [6, 6.07) is -0.0551. The van der Waals surface area contributed by atoms with Crippen LogP contribution in [-0.4, -0.2) is 39.6 Å². The summed E-state index contributed by atoms with van der Waals surface area (Å²) in [4.78, 5) is 13.2. The van der Waals surface area contributed by atoms with E-state index in [9.17, 15) is 9.00 Å². The highest BCUT2D eigenvalue weighted by molar-refractivity contribution is 7.91. The largest absolute Gasteiger partial charge is 0.335 e. The van der Waals surface area contributed by atoms with Crippen LogP contribution in [0.2, 0.25) is 0 Å². The highest BCUT2D eigenvalue weighted by atomic mass is 32.2. The van der Waals surface area contributed by atoms with Gasteiger partial charge in [-0.1, -0.05) is 13.5 Å². The van der Waals surface area contributed by atoms with Gasteiger partial charge in [0, 0.05) is 28.6 Å². The third-order valence-corrected chi connectivity index (χ3v) is 3.61. The molecule has 0 saturated carbocycles. The lowest BCUT2D eigenvalue weighted by molar-refractivity contribution is -0.126. The molecular weight excluding hydrogens is 212 g/mol. The second-order valence-corrected chi connectivity index (χ2v) is 6.70. The van der Waals surface area contributed by atoms with Crippen molar-refractivity contribution >= 4 is 15.6 Å². The van der Waals surface area contributed by atoms with Crippen LogP contribution in [0, 0.1) is 10.7 Å². The molecule has 5 heteroatoms. The zero-order valence-electron chi connectivity index (χ0n) is 9.23. The number of carbonyl (C=O) groups is 1. The van der Waals surface area contributed by atoms with Gasteiger partial charge >= 0.3 is 0 Å². The average molecular weight is 230 g/mol. The van der Waals surface area contributed by atoms with Crippen LogP contribution in [-0.2, 0) is 14.5 Å². The first-order valence-electron chi connectivity index (χ1n) is 4.98. The van der Waals surface area contributed by atoms with Gasteiger partial charge in [0.25, 0.3) is 0 Å². The average Bonchev–Trinajstić information content (AvgIpc) is 2.42. The molecule has 1 aliphatic heterocycles. The van der Waals surface area contributed by atoms with Crippen molar-refractivity contribution in [2.75, 3.05) is 18.6 Å². The van der Waals surface area contributed by atoms with E-state index in [1.807, 2.05) is 0 Å². The SMILES string of the molecule is C=CC(=O)N1C[C@@H](C)C[C@@H]1CS(C)(=N)=O. The van der Waals surface area contributed by atoms with Crippen molar-refractivity contribution in [3.8, 4) is 0 Å². The molecule has 1 saturated heterocycles. The summed E-state index contributed by atoms with van der Waals surface area (Å²) in [5.41, 5.74) is 0. The minimum absolute atomic E-state index is 0.0551. The van der Waals surface area contributed by atoms with E-state index < -0.39 is 9.73 Å². The fourth-order valence-corrected chi connectivity index (χ4v) is 3.11. The van der Waals surface area contributed by atoms with Crippen molar-refractivity contribution in [1.82, 2.24) is 4.90 Å². The lowest BCUT2D eigenvalue weighted by Gasteiger charge is -2.23. The highest BCUT2D eigenvalue weighted by Crippen LogP contribution is 2.24. The van der Waals surface area contributed by atoms with Gasteiger partial charge in [0.2, 0.25) is 5.91 Å². The van der Waals surface area contributed by atoms with Gasteiger partial charge in [0.1, 0.15) is 0 Å². The van der Waals surface area contributed by atoms with Crippen LogP contribution in [0.5, 0.6) is 0 Å². The third-order valence-electron chi connectivity index (χ3n) is 2.59. The molecule has 15 heavy (non-hydrogen) atoms. The van der Waals surface area contributed by atoms with Crippen molar-refractivity contribution in [3.05, 3.63) is 12.7 Å². The third kappa shape index (κ3) is 3.34. The second kappa shape index (κ2) is 4.35. The van der Waals surface area contributed by atoms with Gasteiger partial charge in [0.15, 0.2) is 0 Å². The minimum Gasteiger partial charge on any atom is -0.335 e. The van der Waals surface area contributed by atoms with E-state index in [1.54, 1.807) is 4.90 Å². The molecule has 0 aromatic heterocycles. The van der Waals surface area contributed by atoms with Gasteiger partial charge < -0.3 is 4.90 Å². The van der Waals surface area contributed by atoms with Crippen molar-refractivity contribution in [1.29, 1.82) is 4.78 Å². The summed E-state index contributed by atoms with van der Waals surface area (Å²) in [6.45, 7) is 6.20. The normalized spacial score (nSPS) is 29.9.